The molecule has 3 heterocycles. The highest BCUT2D eigenvalue weighted by molar-refractivity contribution is 5.81. The van der Waals surface area contributed by atoms with E-state index >= 15 is 0 Å². The molecule has 138 valence electrons. The molecule has 0 N–H and O–H groups in total. The number of fused-ring (bicyclic) bond motifs is 1. The Morgan fingerprint density at radius 1 is 1.19 bits per heavy atom. The molecule has 1 aliphatic heterocycles. The minimum absolute atomic E-state index is 0.195. The third-order valence-corrected chi connectivity index (χ3v) is 5.20. The van der Waals surface area contributed by atoms with Crippen molar-refractivity contribution in [2.24, 2.45) is 13.0 Å². The number of aromatic nitrogens is 4. The molecule has 0 radical (unpaired) electrons. The number of amides is 1. The quantitative estimate of drug-likeness (QED) is 0.711. The summed E-state index contributed by atoms with van der Waals surface area (Å²) in [6, 6.07) is 5.89. The number of hydrogen-bond donors (Lipinski definition) is 0. The lowest BCUT2D eigenvalue weighted by molar-refractivity contribution is -0.133. The Hall–Kier alpha value is -3.03. The second-order valence-corrected chi connectivity index (χ2v) is 7.10. The number of aryl methyl sites for hydroxylation is 1. The van der Waals surface area contributed by atoms with Crippen LogP contribution in [-0.4, -0.2) is 37.3 Å². The molecule has 1 amide bonds. The summed E-state index contributed by atoms with van der Waals surface area (Å²) in [6.45, 7) is 1.23. The Kier molecular flexibility index (Phi) is 3.60. The topological polar surface area (TPSA) is 77.1 Å². The van der Waals surface area contributed by atoms with Crippen LogP contribution in [0.2, 0.25) is 0 Å². The van der Waals surface area contributed by atoms with E-state index in [1.807, 2.05) is 16.6 Å². The van der Waals surface area contributed by atoms with Crippen molar-refractivity contribution in [1.29, 1.82) is 0 Å². The molecule has 7 nitrogen and oxygen atoms in total. The van der Waals surface area contributed by atoms with E-state index in [0.29, 0.717) is 36.1 Å². The van der Waals surface area contributed by atoms with Crippen LogP contribution in [0.5, 0.6) is 0 Å². The normalized spacial score (nSPS) is 16.4. The molecule has 1 aliphatic carbocycles. The van der Waals surface area contributed by atoms with E-state index in [1.54, 1.807) is 12.1 Å². The van der Waals surface area contributed by atoms with Crippen molar-refractivity contribution in [2.75, 3.05) is 6.54 Å². The molecule has 2 aliphatic rings. The first-order chi connectivity index (χ1) is 13.1. The van der Waals surface area contributed by atoms with Gasteiger partial charge < -0.3 is 9.32 Å². The first-order valence-corrected chi connectivity index (χ1v) is 9.03. The first-order valence-electron chi connectivity index (χ1n) is 9.03. The van der Waals surface area contributed by atoms with E-state index in [9.17, 15) is 9.18 Å². The Labute approximate surface area is 154 Å². The van der Waals surface area contributed by atoms with E-state index in [2.05, 4.69) is 15.3 Å². The smallest absolute Gasteiger partial charge is 0.268 e. The molecule has 27 heavy (non-hydrogen) atoms. The number of rotatable bonds is 3. The summed E-state index contributed by atoms with van der Waals surface area (Å²) in [6.07, 6.45) is 2.75. The van der Waals surface area contributed by atoms with Gasteiger partial charge in [-0.1, -0.05) is 0 Å². The largest absolute Gasteiger partial charge is 0.415 e. The fraction of sp³-hybridized carbons (Fsp3) is 0.368. The van der Waals surface area contributed by atoms with Gasteiger partial charge in [0.2, 0.25) is 11.8 Å². The summed E-state index contributed by atoms with van der Waals surface area (Å²) in [4.78, 5) is 14.4. The van der Waals surface area contributed by atoms with Gasteiger partial charge in [0.15, 0.2) is 5.69 Å². The molecule has 0 atom stereocenters. The van der Waals surface area contributed by atoms with Crippen LogP contribution in [-0.2, 0) is 24.8 Å². The number of benzene rings is 1. The van der Waals surface area contributed by atoms with Crippen molar-refractivity contribution in [3.05, 3.63) is 41.3 Å². The van der Waals surface area contributed by atoms with Gasteiger partial charge in [0.25, 0.3) is 5.89 Å². The maximum absolute atomic E-state index is 13.1. The molecule has 1 aromatic carbocycles. The van der Waals surface area contributed by atoms with Crippen LogP contribution in [0, 0.1) is 11.7 Å². The van der Waals surface area contributed by atoms with Gasteiger partial charge in [-0.2, -0.15) is 5.10 Å². The fourth-order valence-electron chi connectivity index (χ4n) is 3.57. The van der Waals surface area contributed by atoms with E-state index < -0.39 is 0 Å². The molecule has 3 aromatic rings. The zero-order chi connectivity index (χ0) is 18.5. The standard InChI is InChI=1S/C19H18FN5O2/c1-24-15-8-9-25(19(26)12-2-3-12)10-14(15)16(23-24)18-22-21-17(27-18)11-4-6-13(20)7-5-11/h4-7,12H,2-3,8-10H2,1H3. The van der Waals surface area contributed by atoms with Crippen molar-refractivity contribution in [3.8, 4) is 23.0 Å². The second kappa shape index (κ2) is 6.00. The summed E-state index contributed by atoms with van der Waals surface area (Å²) in [7, 11) is 1.89. The minimum Gasteiger partial charge on any atom is -0.415 e. The van der Waals surface area contributed by atoms with Crippen LogP contribution in [0.4, 0.5) is 4.39 Å². The first kappa shape index (κ1) is 16.2. The molecule has 0 saturated heterocycles. The van der Waals surface area contributed by atoms with Gasteiger partial charge in [-0.15, -0.1) is 10.2 Å². The summed E-state index contributed by atoms with van der Waals surface area (Å²) < 4.78 is 20.7. The molecule has 5 rings (SSSR count). The zero-order valence-electron chi connectivity index (χ0n) is 14.9. The molecule has 0 spiro atoms. The van der Waals surface area contributed by atoms with E-state index in [0.717, 1.165) is 30.5 Å². The van der Waals surface area contributed by atoms with Crippen LogP contribution in [0.15, 0.2) is 28.7 Å². The molecule has 0 unspecified atom stereocenters. The summed E-state index contributed by atoms with van der Waals surface area (Å²) in [5, 5.41) is 12.8. The van der Waals surface area contributed by atoms with E-state index in [-0.39, 0.29) is 17.6 Å². The Morgan fingerprint density at radius 2 is 1.93 bits per heavy atom. The number of halogens is 1. The average molecular weight is 367 g/mol. The monoisotopic (exact) mass is 367 g/mol. The highest BCUT2D eigenvalue weighted by Crippen LogP contribution is 2.35. The predicted molar refractivity (Wildman–Crippen MR) is 93.7 cm³/mol. The van der Waals surface area contributed by atoms with Gasteiger partial charge in [-0.3, -0.25) is 9.48 Å². The molecule has 1 fully saturated rings. The van der Waals surface area contributed by atoms with Gasteiger partial charge in [0, 0.05) is 49.3 Å². The Morgan fingerprint density at radius 3 is 2.67 bits per heavy atom. The highest BCUT2D eigenvalue weighted by Gasteiger charge is 2.36. The third-order valence-electron chi connectivity index (χ3n) is 5.20. The number of nitrogens with zero attached hydrogens (tertiary/aromatic N) is 5. The Balaban J connectivity index is 1.48. The fourth-order valence-corrected chi connectivity index (χ4v) is 3.57. The second-order valence-electron chi connectivity index (χ2n) is 7.10. The van der Waals surface area contributed by atoms with E-state index in [4.69, 9.17) is 4.42 Å². The zero-order valence-corrected chi connectivity index (χ0v) is 14.9. The molecular weight excluding hydrogens is 349 g/mol. The van der Waals surface area contributed by atoms with Crippen molar-refractivity contribution >= 4 is 5.91 Å². The molecule has 2 aromatic heterocycles. The lowest BCUT2D eigenvalue weighted by Gasteiger charge is -2.27. The summed E-state index contributed by atoms with van der Waals surface area (Å²) in [5.74, 6) is 0.726. The van der Waals surface area contributed by atoms with Crippen molar-refractivity contribution in [2.45, 2.75) is 25.8 Å². The maximum atomic E-state index is 13.1. The van der Waals surface area contributed by atoms with Crippen molar-refractivity contribution in [3.63, 3.8) is 0 Å². The van der Waals surface area contributed by atoms with Crippen LogP contribution in [0.1, 0.15) is 24.1 Å². The average Bonchev–Trinajstić information content (AvgIpc) is 3.33. The van der Waals surface area contributed by atoms with Crippen LogP contribution in [0.25, 0.3) is 23.0 Å². The van der Waals surface area contributed by atoms with Crippen molar-refractivity contribution < 1.29 is 13.6 Å². The van der Waals surface area contributed by atoms with Crippen molar-refractivity contribution in [1.82, 2.24) is 24.9 Å². The number of carbonyl (C=O) groups excluding carboxylic acids is 1. The van der Waals surface area contributed by atoms with E-state index in [1.165, 1.54) is 12.1 Å². The number of carbonyl (C=O) groups is 1. The van der Waals surface area contributed by atoms with Gasteiger partial charge in [-0.05, 0) is 37.1 Å². The van der Waals surface area contributed by atoms with Gasteiger partial charge in [0.05, 0.1) is 0 Å². The minimum atomic E-state index is -0.322. The molecule has 8 heteroatoms. The third kappa shape index (κ3) is 2.81. The van der Waals surface area contributed by atoms with Crippen LogP contribution in [0.3, 0.4) is 0 Å². The van der Waals surface area contributed by atoms with Gasteiger partial charge in [-0.25, -0.2) is 4.39 Å². The van der Waals surface area contributed by atoms with Gasteiger partial charge >= 0.3 is 0 Å². The summed E-state index contributed by atoms with van der Waals surface area (Å²) >= 11 is 0. The van der Waals surface area contributed by atoms with Crippen LogP contribution < -0.4 is 0 Å². The number of hydrogen-bond acceptors (Lipinski definition) is 5. The summed E-state index contributed by atoms with van der Waals surface area (Å²) in [5.41, 5.74) is 3.31. The lowest BCUT2D eigenvalue weighted by Crippen LogP contribution is -2.37. The van der Waals surface area contributed by atoms with Gasteiger partial charge in [0.1, 0.15) is 5.82 Å². The molecule has 0 bridgehead atoms. The molecular formula is C19H18FN5O2. The van der Waals surface area contributed by atoms with Crippen LogP contribution >= 0.6 is 0 Å². The lowest BCUT2D eigenvalue weighted by atomic mass is 10.0. The maximum Gasteiger partial charge on any atom is 0.268 e. The Bertz CT molecular complexity index is 1020. The SMILES string of the molecule is Cn1nc(-c2nnc(-c3ccc(F)cc3)o2)c2c1CCN(C(=O)C1CC1)C2. The highest BCUT2D eigenvalue weighted by atomic mass is 19.1. The predicted octanol–water partition coefficient (Wildman–Crippen LogP) is 2.57. The molecule has 1 saturated carbocycles.